The average Bonchev–Trinajstić information content (AvgIpc) is 2.68. The van der Waals surface area contributed by atoms with Gasteiger partial charge in [0.05, 0.1) is 16.3 Å². The molecule has 3 rings (SSSR count). The van der Waals surface area contributed by atoms with Crippen LogP contribution in [0.25, 0.3) is 10.9 Å². The van der Waals surface area contributed by atoms with Gasteiger partial charge in [-0.1, -0.05) is 18.2 Å². The van der Waals surface area contributed by atoms with Gasteiger partial charge in [-0.25, -0.2) is 9.97 Å². The molecular weight excluding hydrogens is 394 g/mol. The summed E-state index contributed by atoms with van der Waals surface area (Å²) in [5.41, 5.74) is -0.0791. The van der Waals surface area contributed by atoms with E-state index < -0.39 is 22.8 Å². The molecule has 1 N–H and O–H groups in total. The number of benzene rings is 2. The summed E-state index contributed by atoms with van der Waals surface area (Å²) in [6.45, 7) is 10.5. The van der Waals surface area contributed by atoms with Gasteiger partial charge in [0.25, 0.3) is 0 Å². The van der Waals surface area contributed by atoms with Gasteiger partial charge in [0.15, 0.2) is 11.5 Å². The Kier molecular flexibility index (Phi) is 5.97. The van der Waals surface area contributed by atoms with Crippen LogP contribution in [-0.2, 0) is 9.59 Å². The number of anilines is 2. The Labute approximate surface area is 181 Å². The highest BCUT2D eigenvalue weighted by Gasteiger charge is 2.28. The van der Waals surface area contributed by atoms with Gasteiger partial charge < -0.3 is 14.8 Å². The molecule has 0 saturated heterocycles. The topological polar surface area (TPSA) is 90.4 Å². The molecule has 0 spiro atoms. The molecule has 1 aromatic heterocycles. The highest BCUT2D eigenvalue weighted by Crippen LogP contribution is 2.37. The molecule has 0 radical (unpaired) electrons. The van der Waals surface area contributed by atoms with Gasteiger partial charge in [0, 0.05) is 17.1 Å². The lowest BCUT2D eigenvalue weighted by atomic mass is 9.97. The minimum Gasteiger partial charge on any atom is -0.422 e. The van der Waals surface area contributed by atoms with Crippen LogP contribution < -0.4 is 14.8 Å². The fourth-order valence-electron chi connectivity index (χ4n) is 2.49. The van der Waals surface area contributed by atoms with Crippen molar-refractivity contribution in [3.63, 3.8) is 0 Å². The SMILES string of the molecule is CC(C)(C)C(=O)Oc1cc2ncnc(Nc3ccccc3)c2cc1OC(=O)C(C)(C)C. The molecule has 0 fully saturated rings. The number of carbonyl (C=O) groups is 2. The third-order valence-electron chi connectivity index (χ3n) is 4.37. The first-order chi connectivity index (χ1) is 14.4. The van der Waals surface area contributed by atoms with E-state index in [4.69, 9.17) is 9.47 Å². The molecule has 7 nitrogen and oxygen atoms in total. The van der Waals surface area contributed by atoms with E-state index in [2.05, 4.69) is 15.3 Å². The Morgan fingerprint density at radius 3 is 1.90 bits per heavy atom. The normalized spacial score (nSPS) is 11.8. The monoisotopic (exact) mass is 421 g/mol. The predicted molar refractivity (Wildman–Crippen MR) is 119 cm³/mol. The molecule has 0 aliphatic rings. The van der Waals surface area contributed by atoms with Gasteiger partial charge >= 0.3 is 11.9 Å². The van der Waals surface area contributed by atoms with Gasteiger partial charge in [-0.2, -0.15) is 0 Å². The van der Waals surface area contributed by atoms with Crippen LogP contribution in [0.2, 0.25) is 0 Å². The van der Waals surface area contributed by atoms with Crippen LogP contribution in [0.15, 0.2) is 48.8 Å². The van der Waals surface area contributed by atoms with Crippen molar-refractivity contribution in [2.45, 2.75) is 41.5 Å². The smallest absolute Gasteiger partial charge is 0.316 e. The van der Waals surface area contributed by atoms with Crippen molar-refractivity contribution < 1.29 is 19.1 Å². The van der Waals surface area contributed by atoms with E-state index in [-0.39, 0.29) is 11.5 Å². The summed E-state index contributed by atoms with van der Waals surface area (Å²) in [5, 5.41) is 3.87. The quantitative estimate of drug-likeness (QED) is 0.453. The van der Waals surface area contributed by atoms with Crippen molar-refractivity contribution in [1.82, 2.24) is 9.97 Å². The van der Waals surface area contributed by atoms with E-state index in [9.17, 15) is 9.59 Å². The zero-order valence-corrected chi connectivity index (χ0v) is 18.6. The zero-order chi connectivity index (χ0) is 22.8. The van der Waals surface area contributed by atoms with Crippen molar-refractivity contribution in [3.8, 4) is 11.5 Å². The molecule has 0 atom stereocenters. The first-order valence-corrected chi connectivity index (χ1v) is 10.0. The Balaban J connectivity index is 2.10. The number of hydrogen-bond acceptors (Lipinski definition) is 7. The first-order valence-electron chi connectivity index (χ1n) is 10.0. The van der Waals surface area contributed by atoms with Crippen LogP contribution in [0.4, 0.5) is 11.5 Å². The fraction of sp³-hybridized carbons (Fsp3) is 0.333. The molecule has 0 bridgehead atoms. The maximum absolute atomic E-state index is 12.6. The number of para-hydroxylation sites is 1. The molecule has 1 heterocycles. The largest absolute Gasteiger partial charge is 0.422 e. The predicted octanol–water partition coefficient (Wildman–Crippen LogP) is 5.28. The Morgan fingerprint density at radius 2 is 1.35 bits per heavy atom. The highest BCUT2D eigenvalue weighted by molar-refractivity contribution is 5.94. The van der Waals surface area contributed by atoms with Gasteiger partial charge in [0.1, 0.15) is 12.1 Å². The minimum atomic E-state index is -0.738. The molecule has 0 saturated carbocycles. The number of ether oxygens (including phenoxy) is 2. The average molecular weight is 421 g/mol. The second kappa shape index (κ2) is 8.34. The third-order valence-corrected chi connectivity index (χ3v) is 4.37. The Morgan fingerprint density at radius 1 is 0.806 bits per heavy atom. The van der Waals surface area contributed by atoms with Gasteiger partial charge in [-0.05, 0) is 59.7 Å². The van der Waals surface area contributed by atoms with Crippen LogP contribution in [0.5, 0.6) is 11.5 Å². The first kappa shape index (κ1) is 22.2. The molecule has 3 aromatic rings. The number of aromatic nitrogens is 2. The maximum Gasteiger partial charge on any atom is 0.316 e. The summed E-state index contributed by atoms with van der Waals surface area (Å²) in [5.74, 6) is -0.0887. The highest BCUT2D eigenvalue weighted by atomic mass is 16.6. The summed E-state index contributed by atoms with van der Waals surface area (Å²) in [7, 11) is 0. The molecule has 31 heavy (non-hydrogen) atoms. The van der Waals surface area contributed by atoms with E-state index in [0.29, 0.717) is 16.7 Å². The van der Waals surface area contributed by atoms with Crippen LogP contribution in [0.1, 0.15) is 41.5 Å². The van der Waals surface area contributed by atoms with E-state index in [1.54, 1.807) is 53.7 Å². The number of carbonyl (C=O) groups excluding carboxylic acids is 2. The Hall–Kier alpha value is -3.48. The second-order valence-corrected chi connectivity index (χ2v) is 9.31. The lowest BCUT2D eigenvalue weighted by Crippen LogP contribution is -2.28. The molecule has 0 unspecified atom stereocenters. The maximum atomic E-state index is 12.6. The summed E-state index contributed by atoms with van der Waals surface area (Å²) < 4.78 is 11.2. The number of rotatable bonds is 4. The van der Waals surface area contributed by atoms with Crippen LogP contribution >= 0.6 is 0 Å². The van der Waals surface area contributed by atoms with Crippen LogP contribution in [0, 0.1) is 10.8 Å². The van der Waals surface area contributed by atoms with Crippen LogP contribution in [-0.4, -0.2) is 21.9 Å². The summed E-state index contributed by atoms with van der Waals surface area (Å²) in [6.07, 6.45) is 1.42. The summed E-state index contributed by atoms with van der Waals surface area (Å²) in [4.78, 5) is 33.7. The minimum absolute atomic E-state index is 0.134. The van der Waals surface area contributed by atoms with E-state index in [1.165, 1.54) is 6.33 Å². The molecule has 0 aliphatic heterocycles. The van der Waals surface area contributed by atoms with Crippen molar-refractivity contribution in [3.05, 3.63) is 48.8 Å². The van der Waals surface area contributed by atoms with E-state index >= 15 is 0 Å². The second-order valence-electron chi connectivity index (χ2n) is 9.31. The lowest BCUT2D eigenvalue weighted by molar-refractivity contribution is -0.145. The number of hydrogen-bond donors (Lipinski definition) is 1. The summed E-state index contributed by atoms with van der Waals surface area (Å²) in [6, 6.07) is 12.8. The molecular formula is C24H27N3O4. The number of fused-ring (bicyclic) bond motifs is 1. The number of nitrogens with one attached hydrogen (secondary N) is 1. The van der Waals surface area contributed by atoms with Gasteiger partial charge in [-0.15, -0.1) is 0 Å². The van der Waals surface area contributed by atoms with Gasteiger partial charge in [0.2, 0.25) is 0 Å². The standard InChI is InChI=1S/C24H27N3O4/c1-23(2,3)21(28)30-18-12-16-17(13-19(18)31-22(29)24(4,5)6)25-14-26-20(16)27-15-10-8-7-9-11-15/h7-14H,1-6H3,(H,25,26,27). The zero-order valence-electron chi connectivity index (χ0n) is 18.6. The van der Waals surface area contributed by atoms with Crippen LogP contribution in [0.3, 0.4) is 0 Å². The molecule has 0 amide bonds. The van der Waals surface area contributed by atoms with Crippen molar-refractivity contribution in [1.29, 1.82) is 0 Å². The molecule has 0 aliphatic carbocycles. The van der Waals surface area contributed by atoms with Crippen molar-refractivity contribution in [2.24, 2.45) is 10.8 Å². The van der Waals surface area contributed by atoms with Crippen molar-refractivity contribution >= 4 is 34.3 Å². The third kappa shape index (κ3) is 5.36. The number of nitrogens with zero attached hydrogens (tertiary/aromatic N) is 2. The molecule has 2 aromatic carbocycles. The number of esters is 2. The Bertz CT molecular complexity index is 1110. The molecule has 162 valence electrons. The fourth-order valence-corrected chi connectivity index (χ4v) is 2.49. The lowest BCUT2D eigenvalue weighted by Gasteiger charge is -2.21. The molecule has 7 heteroatoms. The van der Waals surface area contributed by atoms with Gasteiger partial charge in [-0.3, -0.25) is 9.59 Å². The summed E-state index contributed by atoms with van der Waals surface area (Å²) >= 11 is 0. The van der Waals surface area contributed by atoms with E-state index in [0.717, 1.165) is 5.69 Å². The van der Waals surface area contributed by atoms with Crippen molar-refractivity contribution in [2.75, 3.05) is 5.32 Å². The van der Waals surface area contributed by atoms with E-state index in [1.807, 2.05) is 30.3 Å².